The van der Waals surface area contributed by atoms with Crippen LogP contribution in [0.15, 0.2) is 42.5 Å². The number of carbonyl (C=O) groups is 1. The third-order valence-corrected chi connectivity index (χ3v) is 6.23. The molecule has 4 nitrogen and oxygen atoms in total. The Hall–Kier alpha value is -1.82. The molecule has 0 aromatic heterocycles. The van der Waals surface area contributed by atoms with Crippen LogP contribution in [0, 0.1) is 5.92 Å². The Labute approximate surface area is 193 Å². The van der Waals surface area contributed by atoms with E-state index in [1.54, 1.807) is 18.2 Å². The quantitative estimate of drug-likeness (QED) is 0.335. The summed E-state index contributed by atoms with van der Waals surface area (Å²) in [5.41, 5.74) is 3.70. The molecular formula is C23H26Cl2N2O2S. The molecule has 0 aliphatic heterocycles. The second-order valence-electron chi connectivity index (χ2n) is 7.51. The van der Waals surface area contributed by atoms with Gasteiger partial charge in [0, 0.05) is 5.69 Å². The molecule has 1 fully saturated rings. The van der Waals surface area contributed by atoms with Crippen molar-refractivity contribution in [2.75, 3.05) is 11.9 Å². The normalized spacial score (nSPS) is 15.3. The van der Waals surface area contributed by atoms with Crippen LogP contribution in [0.2, 0.25) is 10.0 Å². The summed E-state index contributed by atoms with van der Waals surface area (Å²) in [6.45, 7) is 0.551. The third-order valence-electron chi connectivity index (χ3n) is 5.44. The van der Waals surface area contributed by atoms with Crippen molar-refractivity contribution in [1.29, 1.82) is 0 Å². The van der Waals surface area contributed by atoms with Gasteiger partial charge in [-0.1, -0.05) is 78.9 Å². The average molecular weight is 465 g/mol. The maximum absolute atomic E-state index is 12.8. The lowest BCUT2D eigenvalue weighted by Gasteiger charge is -2.30. The summed E-state index contributed by atoms with van der Waals surface area (Å²) >= 11 is 17.5. The molecule has 1 aliphatic rings. The summed E-state index contributed by atoms with van der Waals surface area (Å²) in [5, 5.41) is 7.34. The number of hydrogen-bond acceptors (Lipinski definition) is 4. The van der Waals surface area contributed by atoms with E-state index in [0.717, 1.165) is 24.1 Å². The molecule has 2 aromatic carbocycles. The Kier molecular flexibility index (Phi) is 8.79. The molecule has 0 radical (unpaired) electrons. The summed E-state index contributed by atoms with van der Waals surface area (Å²) in [4.78, 5) is 12.8. The van der Waals surface area contributed by atoms with Crippen LogP contribution in [0.5, 0.6) is 0 Å². The van der Waals surface area contributed by atoms with E-state index in [1.807, 2.05) is 24.3 Å². The van der Waals surface area contributed by atoms with Gasteiger partial charge in [0.15, 0.2) is 0 Å². The zero-order chi connectivity index (χ0) is 21.3. The number of esters is 1. The van der Waals surface area contributed by atoms with Gasteiger partial charge in [-0.3, -0.25) is 4.79 Å². The minimum atomic E-state index is -0.253. The zero-order valence-electron chi connectivity index (χ0n) is 16.7. The van der Waals surface area contributed by atoms with Crippen molar-refractivity contribution in [1.82, 2.24) is 5.32 Å². The van der Waals surface area contributed by atoms with Crippen LogP contribution in [-0.2, 0) is 16.0 Å². The SMILES string of the molecule is O=C(Cc1ccccc1Nc1c(Cl)cccc1Cl)OC(CNC=S)C1CCCCC1. The van der Waals surface area contributed by atoms with Crippen molar-refractivity contribution in [2.45, 2.75) is 44.6 Å². The van der Waals surface area contributed by atoms with Gasteiger partial charge in [-0.2, -0.15) is 0 Å². The van der Waals surface area contributed by atoms with Gasteiger partial charge >= 0.3 is 5.97 Å². The summed E-state index contributed by atoms with van der Waals surface area (Å²) < 4.78 is 5.90. The Morgan fingerprint density at radius 3 is 2.50 bits per heavy atom. The van der Waals surface area contributed by atoms with Crippen molar-refractivity contribution in [3.8, 4) is 0 Å². The van der Waals surface area contributed by atoms with Crippen molar-refractivity contribution in [2.24, 2.45) is 5.92 Å². The monoisotopic (exact) mass is 464 g/mol. The molecule has 0 bridgehead atoms. The number of thiocarbonyl (C=S) groups is 1. The summed E-state index contributed by atoms with van der Waals surface area (Å²) in [6, 6.07) is 12.9. The molecular weight excluding hydrogens is 439 g/mol. The highest BCUT2D eigenvalue weighted by molar-refractivity contribution is 7.78. The largest absolute Gasteiger partial charge is 0.460 e. The lowest BCUT2D eigenvalue weighted by molar-refractivity contribution is -0.151. The molecule has 1 unspecified atom stereocenters. The maximum atomic E-state index is 12.8. The van der Waals surface area contributed by atoms with Crippen LogP contribution in [0.3, 0.4) is 0 Å². The fourth-order valence-electron chi connectivity index (χ4n) is 3.89. The Morgan fingerprint density at radius 1 is 1.10 bits per heavy atom. The van der Waals surface area contributed by atoms with E-state index in [0.29, 0.717) is 28.2 Å². The van der Waals surface area contributed by atoms with Crippen LogP contribution in [-0.4, -0.2) is 24.1 Å². The summed E-state index contributed by atoms with van der Waals surface area (Å²) in [5.74, 6) is 0.122. The second kappa shape index (κ2) is 11.5. The highest BCUT2D eigenvalue weighted by Gasteiger charge is 2.27. The maximum Gasteiger partial charge on any atom is 0.310 e. The molecule has 0 spiro atoms. The van der Waals surface area contributed by atoms with E-state index < -0.39 is 0 Å². The lowest BCUT2D eigenvalue weighted by Crippen LogP contribution is -2.37. The molecule has 3 rings (SSSR count). The van der Waals surface area contributed by atoms with E-state index in [-0.39, 0.29) is 18.5 Å². The molecule has 0 heterocycles. The minimum absolute atomic E-state index is 0.159. The van der Waals surface area contributed by atoms with Gasteiger partial charge < -0.3 is 15.4 Å². The van der Waals surface area contributed by atoms with Gasteiger partial charge in [-0.15, -0.1) is 0 Å². The fraction of sp³-hybridized carbons (Fsp3) is 0.391. The smallest absolute Gasteiger partial charge is 0.310 e. The molecule has 1 saturated carbocycles. The molecule has 0 saturated heterocycles. The number of para-hydroxylation sites is 2. The number of benzene rings is 2. The molecule has 0 amide bonds. The summed E-state index contributed by atoms with van der Waals surface area (Å²) in [6.07, 6.45) is 5.77. The number of nitrogens with one attached hydrogen (secondary N) is 2. The molecule has 1 atom stereocenters. The van der Waals surface area contributed by atoms with Crippen LogP contribution in [0.4, 0.5) is 11.4 Å². The molecule has 160 valence electrons. The average Bonchev–Trinajstić information content (AvgIpc) is 2.75. The van der Waals surface area contributed by atoms with Crippen molar-refractivity contribution < 1.29 is 9.53 Å². The predicted octanol–water partition coefficient (Wildman–Crippen LogP) is 6.32. The van der Waals surface area contributed by atoms with Crippen LogP contribution in [0.25, 0.3) is 0 Å². The number of anilines is 2. The molecule has 1 aliphatic carbocycles. The Morgan fingerprint density at radius 2 is 1.80 bits per heavy atom. The first kappa shape index (κ1) is 22.9. The second-order valence-corrected chi connectivity index (χ2v) is 8.56. The lowest BCUT2D eigenvalue weighted by atomic mass is 9.85. The first-order valence-electron chi connectivity index (χ1n) is 10.2. The van der Waals surface area contributed by atoms with Gasteiger partial charge in [0.1, 0.15) is 6.10 Å². The first-order valence-corrected chi connectivity index (χ1v) is 11.5. The van der Waals surface area contributed by atoms with Gasteiger partial charge in [0.2, 0.25) is 0 Å². The fourth-order valence-corrected chi connectivity index (χ4v) is 4.48. The predicted molar refractivity (Wildman–Crippen MR) is 128 cm³/mol. The topological polar surface area (TPSA) is 50.4 Å². The van der Waals surface area contributed by atoms with Crippen LogP contribution >= 0.6 is 35.4 Å². The highest BCUT2D eigenvalue weighted by atomic mass is 35.5. The van der Waals surface area contributed by atoms with E-state index in [1.165, 1.54) is 24.8 Å². The summed E-state index contributed by atoms with van der Waals surface area (Å²) in [7, 11) is 0. The number of carbonyl (C=O) groups excluding carboxylic acids is 1. The van der Waals surface area contributed by atoms with Gasteiger partial charge in [-0.25, -0.2) is 0 Å². The first-order chi connectivity index (χ1) is 14.6. The van der Waals surface area contributed by atoms with Gasteiger partial charge in [0.05, 0.1) is 34.2 Å². The van der Waals surface area contributed by atoms with E-state index in [9.17, 15) is 4.79 Å². The van der Waals surface area contributed by atoms with Crippen LogP contribution < -0.4 is 10.6 Å². The van der Waals surface area contributed by atoms with Crippen molar-refractivity contribution in [3.05, 3.63) is 58.1 Å². The molecule has 2 aromatic rings. The number of halogens is 2. The molecule has 7 heteroatoms. The number of rotatable bonds is 9. The zero-order valence-corrected chi connectivity index (χ0v) is 19.0. The van der Waals surface area contributed by atoms with Crippen molar-refractivity contribution >= 4 is 58.3 Å². The minimum Gasteiger partial charge on any atom is -0.460 e. The number of ether oxygens (including phenoxy) is 1. The van der Waals surface area contributed by atoms with Gasteiger partial charge in [0.25, 0.3) is 0 Å². The standard InChI is InChI=1S/C23H26Cl2N2O2S/c24-18-10-6-11-19(25)23(18)27-20-12-5-4-9-17(20)13-22(28)29-21(14-26-15-30)16-7-2-1-3-8-16/h4-6,9-12,15-16,21,27H,1-3,7-8,13-14H2,(H,26,30). The third kappa shape index (κ3) is 6.34. The Bertz CT molecular complexity index is 852. The van der Waals surface area contributed by atoms with E-state index >= 15 is 0 Å². The molecule has 2 N–H and O–H groups in total. The van der Waals surface area contributed by atoms with Gasteiger partial charge in [-0.05, 0) is 42.5 Å². The van der Waals surface area contributed by atoms with Crippen molar-refractivity contribution in [3.63, 3.8) is 0 Å². The number of hydrogen-bond donors (Lipinski definition) is 2. The van der Waals surface area contributed by atoms with E-state index in [4.69, 9.17) is 40.2 Å². The highest BCUT2D eigenvalue weighted by Crippen LogP contribution is 2.34. The van der Waals surface area contributed by atoms with E-state index in [2.05, 4.69) is 10.6 Å². The molecule has 30 heavy (non-hydrogen) atoms. The Balaban J connectivity index is 1.70. The van der Waals surface area contributed by atoms with Crippen LogP contribution in [0.1, 0.15) is 37.7 Å².